The zero-order valence-corrected chi connectivity index (χ0v) is 13.5. The van der Waals surface area contributed by atoms with Gasteiger partial charge in [-0.15, -0.1) is 0 Å². The summed E-state index contributed by atoms with van der Waals surface area (Å²) in [5.74, 6) is 0.777. The van der Waals surface area contributed by atoms with E-state index in [2.05, 4.69) is 56.9 Å². The van der Waals surface area contributed by atoms with Crippen molar-refractivity contribution in [1.82, 2.24) is 4.90 Å². The average Bonchev–Trinajstić information content (AvgIpc) is 2.37. The Morgan fingerprint density at radius 3 is 2.40 bits per heavy atom. The molecule has 2 N–H and O–H groups in total. The third-order valence-corrected chi connectivity index (χ3v) is 5.19. The van der Waals surface area contributed by atoms with Gasteiger partial charge in [0.25, 0.3) is 0 Å². The molecule has 1 aromatic rings. The minimum atomic E-state index is -0.0122. The van der Waals surface area contributed by atoms with Crippen LogP contribution in [0.3, 0.4) is 0 Å². The number of hydrogen-bond acceptors (Lipinski definition) is 2. The van der Waals surface area contributed by atoms with Crippen molar-refractivity contribution in [2.75, 3.05) is 13.1 Å². The molecule has 1 unspecified atom stereocenters. The van der Waals surface area contributed by atoms with Crippen molar-refractivity contribution in [3.05, 3.63) is 35.4 Å². The minimum Gasteiger partial charge on any atom is -0.322 e. The summed E-state index contributed by atoms with van der Waals surface area (Å²) in [6, 6.07) is 9.05. The van der Waals surface area contributed by atoms with Crippen LogP contribution >= 0.6 is 0 Å². The van der Waals surface area contributed by atoms with Gasteiger partial charge in [0, 0.05) is 11.6 Å². The summed E-state index contributed by atoms with van der Waals surface area (Å²) >= 11 is 0. The standard InChI is InChI=1S/C18H30N2/c1-5-20(6-2)18(3,4)17(19)16-12-8-11-15(13-16)14-9-7-10-14/h8,11-14,17H,5-7,9-10,19H2,1-4H3. The molecule has 0 amide bonds. The molecule has 1 fully saturated rings. The lowest BCUT2D eigenvalue weighted by molar-refractivity contribution is 0.107. The molecule has 1 saturated carbocycles. The second kappa shape index (κ2) is 6.28. The van der Waals surface area contributed by atoms with E-state index in [1.807, 2.05) is 0 Å². The molecule has 2 nitrogen and oxygen atoms in total. The molecule has 0 spiro atoms. The van der Waals surface area contributed by atoms with Crippen LogP contribution in [-0.4, -0.2) is 23.5 Å². The number of benzene rings is 1. The van der Waals surface area contributed by atoms with Crippen LogP contribution in [0, 0.1) is 0 Å². The van der Waals surface area contributed by atoms with E-state index >= 15 is 0 Å². The minimum absolute atomic E-state index is 0.0122. The van der Waals surface area contributed by atoms with E-state index in [1.165, 1.54) is 30.4 Å². The molecule has 1 aliphatic rings. The highest BCUT2D eigenvalue weighted by Crippen LogP contribution is 2.38. The van der Waals surface area contributed by atoms with Crippen LogP contribution in [0.1, 0.15) is 70.0 Å². The summed E-state index contributed by atoms with van der Waals surface area (Å²) in [5, 5.41) is 0. The first kappa shape index (κ1) is 15.5. The van der Waals surface area contributed by atoms with E-state index < -0.39 is 0 Å². The molecular formula is C18H30N2. The molecule has 20 heavy (non-hydrogen) atoms. The molecule has 1 atom stereocenters. The van der Waals surface area contributed by atoms with Crippen LogP contribution in [0.25, 0.3) is 0 Å². The highest BCUT2D eigenvalue weighted by Gasteiger charge is 2.33. The van der Waals surface area contributed by atoms with E-state index in [9.17, 15) is 0 Å². The summed E-state index contributed by atoms with van der Waals surface area (Å²) in [5.41, 5.74) is 9.37. The van der Waals surface area contributed by atoms with E-state index in [-0.39, 0.29) is 11.6 Å². The monoisotopic (exact) mass is 274 g/mol. The smallest absolute Gasteiger partial charge is 0.0476 e. The Balaban J connectivity index is 2.21. The Kier molecular flexibility index (Phi) is 4.87. The van der Waals surface area contributed by atoms with Crippen LogP contribution in [-0.2, 0) is 0 Å². The molecule has 0 aromatic heterocycles. The van der Waals surface area contributed by atoms with Gasteiger partial charge in [-0.2, -0.15) is 0 Å². The van der Waals surface area contributed by atoms with Crippen molar-refractivity contribution in [2.24, 2.45) is 5.73 Å². The summed E-state index contributed by atoms with van der Waals surface area (Å²) < 4.78 is 0. The number of nitrogens with two attached hydrogens (primary N) is 1. The van der Waals surface area contributed by atoms with Gasteiger partial charge in [-0.05, 0) is 56.8 Å². The van der Waals surface area contributed by atoms with Crippen LogP contribution in [0.5, 0.6) is 0 Å². The Morgan fingerprint density at radius 2 is 1.90 bits per heavy atom. The fourth-order valence-corrected chi connectivity index (χ4v) is 3.39. The first-order valence-corrected chi connectivity index (χ1v) is 8.11. The highest BCUT2D eigenvalue weighted by molar-refractivity contribution is 5.31. The fourth-order valence-electron chi connectivity index (χ4n) is 3.39. The summed E-state index contributed by atoms with van der Waals surface area (Å²) in [6.45, 7) is 11.0. The normalized spacial score (nSPS) is 18.1. The second-order valence-corrected chi connectivity index (χ2v) is 6.60. The van der Waals surface area contributed by atoms with Crippen molar-refractivity contribution in [1.29, 1.82) is 0 Å². The molecular weight excluding hydrogens is 244 g/mol. The van der Waals surface area contributed by atoms with Gasteiger partial charge in [0.2, 0.25) is 0 Å². The fraction of sp³-hybridized carbons (Fsp3) is 0.667. The third kappa shape index (κ3) is 2.91. The second-order valence-electron chi connectivity index (χ2n) is 6.60. The molecule has 0 aliphatic heterocycles. The molecule has 112 valence electrons. The number of rotatable bonds is 6. The van der Waals surface area contributed by atoms with E-state index in [0.717, 1.165) is 19.0 Å². The Morgan fingerprint density at radius 1 is 1.25 bits per heavy atom. The maximum atomic E-state index is 6.61. The van der Waals surface area contributed by atoms with E-state index in [0.29, 0.717) is 0 Å². The highest BCUT2D eigenvalue weighted by atomic mass is 15.2. The van der Waals surface area contributed by atoms with Gasteiger partial charge in [-0.1, -0.05) is 44.5 Å². The summed E-state index contributed by atoms with van der Waals surface area (Å²) in [6.07, 6.45) is 4.07. The zero-order valence-electron chi connectivity index (χ0n) is 13.5. The molecule has 2 rings (SSSR count). The maximum Gasteiger partial charge on any atom is 0.0476 e. The van der Waals surface area contributed by atoms with Crippen molar-refractivity contribution in [3.63, 3.8) is 0 Å². The van der Waals surface area contributed by atoms with Gasteiger partial charge in [0.15, 0.2) is 0 Å². The maximum absolute atomic E-state index is 6.61. The molecule has 0 bridgehead atoms. The van der Waals surface area contributed by atoms with Crippen molar-refractivity contribution < 1.29 is 0 Å². The third-order valence-electron chi connectivity index (χ3n) is 5.19. The quantitative estimate of drug-likeness (QED) is 0.847. The van der Waals surface area contributed by atoms with Gasteiger partial charge in [-0.25, -0.2) is 0 Å². The largest absolute Gasteiger partial charge is 0.322 e. The lowest BCUT2D eigenvalue weighted by atomic mass is 9.78. The Bertz CT molecular complexity index is 431. The molecule has 0 saturated heterocycles. The van der Waals surface area contributed by atoms with Gasteiger partial charge >= 0.3 is 0 Å². The molecule has 2 heteroatoms. The lowest BCUT2D eigenvalue weighted by Gasteiger charge is -2.42. The van der Waals surface area contributed by atoms with Crippen molar-refractivity contribution in [3.8, 4) is 0 Å². The number of hydrogen-bond donors (Lipinski definition) is 1. The molecule has 1 aliphatic carbocycles. The number of nitrogens with zero attached hydrogens (tertiary/aromatic N) is 1. The SMILES string of the molecule is CCN(CC)C(C)(C)C(N)c1cccc(C2CCC2)c1. The van der Waals surface area contributed by atoms with Crippen LogP contribution in [0.15, 0.2) is 24.3 Å². The molecule has 1 aromatic carbocycles. The lowest BCUT2D eigenvalue weighted by Crippen LogP contribution is -2.51. The zero-order chi connectivity index (χ0) is 14.8. The van der Waals surface area contributed by atoms with Gasteiger partial charge in [0.1, 0.15) is 0 Å². The topological polar surface area (TPSA) is 29.3 Å². The van der Waals surface area contributed by atoms with Crippen molar-refractivity contribution in [2.45, 2.75) is 64.5 Å². The Hall–Kier alpha value is -0.860. The van der Waals surface area contributed by atoms with E-state index in [4.69, 9.17) is 5.73 Å². The summed E-state index contributed by atoms with van der Waals surface area (Å²) in [4.78, 5) is 2.45. The molecule has 0 heterocycles. The first-order chi connectivity index (χ1) is 9.50. The van der Waals surface area contributed by atoms with Gasteiger partial charge in [0.05, 0.1) is 0 Å². The molecule has 0 radical (unpaired) electrons. The van der Waals surface area contributed by atoms with Crippen LogP contribution in [0.2, 0.25) is 0 Å². The predicted octanol–water partition coefficient (Wildman–Crippen LogP) is 4.07. The van der Waals surface area contributed by atoms with Crippen LogP contribution in [0.4, 0.5) is 0 Å². The van der Waals surface area contributed by atoms with Crippen LogP contribution < -0.4 is 5.73 Å². The average molecular weight is 274 g/mol. The van der Waals surface area contributed by atoms with E-state index in [1.54, 1.807) is 0 Å². The summed E-state index contributed by atoms with van der Waals surface area (Å²) in [7, 11) is 0. The van der Waals surface area contributed by atoms with Gasteiger partial charge < -0.3 is 5.73 Å². The first-order valence-electron chi connectivity index (χ1n) is 8.11. The Labute approximate surface area is 124 Å². The van der Waals surface area contributed by atoms with Crippen molar-refractivity contribution >= 4 is 0 Å². The number of likely N-dealkylation sites (N-methyl/N-ethyl adjacent to an activating group) is 1. The predicted molar refractivity (Wildman–Crippen MR) is 87.0 cm³/mol. The van der Waals surface area contributed by atoms with Gasteiger partial charge in [-0.3, -0.25) is 4.90 Å².